The lowest BCUT2D eigenvalue weighted by molar-refractivity contribution is 1.20. The number of hydrogen-bond acceptors (Lipinski definition) is 0. The first-order chi connectivity index (χ1) is 21.8. The zero-order chi connectivity index (χ0) is 28.8. The first kappa shape index (κ1) is 23.7. The summed E-state index contributed by atoms with van der Waals surface area (Å²) < 4.78 is 2.48. The van der Waals surface area contributed by atoms with Crippen LogP contribution < -0.4 is 0 Å². The highest BCUT2D eigenvalue weighted by molar-refractivity contribution is 6.23. The molecule has 10 aromatic rings. The van der Waals surface area contributed by atoms with Gasteiger partial charge in [0.15, 0.2) is 0 Å². The maximum Gasteiger partial charge on any atom is 0.0547 e. The number of aromatic amines is 1. The van der Waals surface area contributed by atoms with Gasteiger partial charge in [0.25, 0.3) is 0 Å². The third-order valence-electron chi connectivity index (χ3n) is 9.48. The fraction of sp³-hybridized carbons (Fsp3) is 0. The molecule has 204 valence electrons. The molecule has 1 N–H and O–H groups in total. The normalized spacial score (nSPS) is 12.1. The summed E-state index contributed by atoms with van der Waals surface area (Å²) >= 11 is 0. The average Bonchev–Trinajstić information content (AvgIpc) is 3.63. The molecule has 44 heavy (non-hydrogen) atoms. The van der Waals surface area contributed by atoms with Gasteiger partial charge < -0.3 is 9.55 Å². The number of nitrogens with zero attached hydrogens (tertiary/aromatic N) is 1. The minimum Gasteiger partial charge on any atom is -0.355 e. The van der Waals surface area contributed by atoms with E-state index in [4.69, 9.17) is 0 Å². The Balaban J connectivity index is 1.32. The molecule has 0 radical (unpaired) electrons. The van der Waals surface area contributed by atoms with E-state index in [9.17, 15) is 0 Å². The maximum absolute atomic E-state index is 3.58. The molecule has 0 saturated heterocycles. The monoisotopic (exact) mass is 558 g/mol. The molecular formula is C42H26N2. The van der Waals surface area contributed by atoms with E-state index >= 15 is 0 Å². The molecule has 0 atom stereocenters. The SMILES string of the molecule is c1ccc2c(c1)cc(-n1c3ccc(-c4ccc5[nH]c6ccccc6c5c4)cc3c3c4ccccc4ccc31)c1ccccc12. The average molecular weight is 559 g/mol. The largest absolute Gasteiger partial charge is 0.355 e. The van der Waals surface area contributed by atoms with E-state index in [1.807, 2.05) is 0 Å². The fourth-order valence-corrected chi connectivity index (χ4v) is 7.48. The summed E-state index contributed by atoms with van der Waals surface area (Å²) in [5, 5.41) is 12.7. The summed E-state index contributed by atoms with van der Waals surface area (Å²) in [7, 11) is 0. The van der Waals surface area contributed by atoms with Crippen molar-refractivity contribution in [2.75, 3.05) is 0 Å². The third kappa shape index (κ3) is 3.25. The Hall–Kier alpha value is -5.86. The topological polar surface area (TPSA) is 20.7 Å². The third-order valence-corrected chi connectivity index (χ3v) is 9.48. The van der Waals surface area contributed by atoms with Gasteiger partial charge in [-0.25, -0.2) is 0 Å². The van der Waals surface area contributed by atoms with Crippen molar-refractivity contribution in [3.05, 3.63) is 152 Å². The number of fused-ring (bicyclic) bond motifs is 11. The van der Waals surface area contributed by atoms with Gasteiger partial charge in [-0.3, -0.25) is 0 Å². The summed E-state index contributed by atoms with van der Waals surface area (Å²) in [6.45, 7) is 0. The van der Waals surface area contributed by atoms with Crippen LogP contribution in [0.3, 0.4) is 0 Å². The Kier molecular flexibility index (Phi) is 4.75. The predicted octanol–water partition coefficient (Wildman–Crippen LogP) is 11.5. The van der Waals surface area contributed by atoms with Gasteiger partial charge >= 0.3 is 0 Å². The van der Waals surface area contributed by atoms with Crippen molar-refractivity contribution in [2.45, 2.75) is 0 Å². The van der Waals surface area contributed by atoms with Crippen LogP contribution in [-0.2, 0) is 0 Å². The van der Waals surface area contributed by atoms with Crippen LogP contribution in [0.4, 0.5) is 0 Å². The molecule has 0 fully saturated rings. The Bertz CT molecular complexity index is 2780. The summed E-state index contributed by atoms with van der Waals surface area (Å²) in [6.07, 6.45) is 0. The Morgan fingerprint density at radius 1 is 0.364 bits per heavy atom. The molecule has 10 rings (SSSR count). The highest BCUT2D eigenvalue weighted by Gasteiger charge is 2.18. The second-order valence-corrected chi connectivity index (χ2v) is 11.8. The second kappa shape index (κ2) is 8.82. The lowest BCUT2D eigenvalue weighted by Crippen LogP contribution is -1.96. The Labute approximate surface area is 253 Å². The van der Waals surface area contributed by atoms with E-state index in [1.54, 1.807) is 0 Å². The number of H-pyrrole nitrogens is 1. The first-order valence-corrected chi connectivity index (χ1v) is 15.2. The van der Waals surface area contributed by atoms with E-state index in [-0.39, 0.29) is 0 Å². The maximum atomic E-state index is 3.58. The van der Waals surface area contributed by atoms with Gasteiger partial charge in [-0.1, -0.05) is 109 Å². The van der Waals surface area contributed by atoms with Crippen LogP contribution in [-0.4, -0.2) is 9.55 Å². The molecular weight excluding hydrogens is 532 g/mol. The van der Waals surface area contributed by atoms with Crippen molar-refractivity contribution in [1.29, 1.82) is 0 Å². The Morgan fingerprint density at radius 3 is 1.84 bits per heavy atom. The summed E-state index contributed by atoms with van der Waals surface area (Å²) in [4.78, 5) is 3.58. The molecule has 0 aliphatic heterocycles. The number of nitrogens with one attached hydrogen (secondary N) is 1. The molecule has 2 heteroatoms. The van der Waals surface area contributed by atoms with E-state index in [0.717, 1.165) is 0 Å². The van der Waals surface area contributed by atoms with Crippen LogP contribution >= 0.6 is 0 Å². The summed E-state index contributed by atoms with van der Waals surface area (Å²) in [5.41, 5.74) is 8.44. The smallest absolute Gasteiger partial charge is 0.0547 e. The molecule has 2 aromatic heterocycles. The van der Waals surface area contributed by atoms with E-state index in [0.29, 0.717) is 0 Å². The second-order valence-electron chi connectivity index (χ2n) is 11.8. The van der Waals surface area contributed by atoms with E-state index < -0.39 is 0 Å². The lowest BCUT2D eigenvalue weighted by Gasteiger charge is -2.14. The van der Waals surface area contributed by atoms with Crippen molar-refractivity contribution in [1.82, 2.24) is 9.55 Å². The highest BCUT2D eigenvalue weighted by Crippen LogP contribution is 2.42. The molecule has 0 saturated carbocycles. The number of hydrogen-bond donors (Lipinski definition) is 1. The molecule has 0 unspecified atom stereocenters. The first-order valence-electron chi connectivity index (χ1n) is 15.2. The van der Waals surface area contributed by atoms with E-state index in [1.165, 1.54) is 92.7 Å². The molecule has 0 aliphatic rings. The molecule has 2 nitrogen and oxygen atoms in total. The molecule has 2 heterocycles. The van der Waals surface area contributed by atoms with Crippen LogP contribution in [0.1, 0.15) is 0 Å². The summed E-state index contributed by atoms with van der Waals surface area (Å²) in [5.74, 6) is 0. The summed E-state index contributed by atoms with van der Waals surface area (Å²) in [6, 6.07) is 55.6. The van der Waals surface area contributed by atoms with Gasteiger partial charge in [0.05, 0.1) is 16.7 Å². The van der Waals surface area contributed by atoms with Crippen molar-refractivity contribution >= 4 is 75.9 Å². The molecule has 0 spiro atoms. The minimum atomic E-state index is 1.17. The van der Waals surface area contributed by atoms with E-state index in [2.05, 4.69) is 161 Å². The predicted molar refractivity (Wildman–Crippen MR) is 188 cm³/mol. The molecule has 8 aromatic carbocycles. The number of aromatic nitrogens is 2. The number of benzene rings is 8. The fourth-order valence-electron chi connectivity index (χ4n) is 7.48. The van der Waals surface area contributed by atoms with Gasteiger partial charge in [-0.2, -0.15) is 0 Å². The highest BCUT2D eigenvalue weighted by atomic mass is 15.0. The lowest BCUT2D eigenvalue weighted by atomic mass is 9.99. The van der Waals surface area contributed by atoms with Crippen LogP contribution in [0.15, 0.2) is 152 Å². The van der Waals surface area contributed by atoms with Gasteiger partial charge in [0.2, 0.25) is 0 Å². The van der Waals surface area contributed by atoms with Crippen molar-refractivity contribution < 1.29 is 0 Å². The quantitative estimate of drug-likeness (QED) is 0.204. The number of para-hydroxylation sites is 1. The van der Waals surface area contributed by atoms with Crippen LogP contribution in [0.5, 0.6) is 0 Å². The van der Waals surface area contributed by atoms with Crippen LogP contribution in [0.25, 0.3) is 92.7 Å². The van der Waals surface area contributed by atoms with Crippen LogP contribution in [0, 0.1) is 0 Å². The van der Waals surface area contributed by atoms with Gasteiger partial charge in [0.1, 0.15) is 0 Å². The zero-order valence-corrected chi connectivity index (χ0v) is 23.9. The number of rotatable bonds is 2. The Morgan fingerprint density at radius 2 is 0.977 bits per heavy atom. The molecule has 0 bridgehead atoms. The standard InChI is InChI=1S/C42H26N2/c1-4-12-31-26(9-1)18-22-40-42(31)36-24-28(27-17-20-38-35(23-27)33-14-7-8-16-37(33)43-38)19-21-39(36)44(40)41-25-29-10-2-3-11-30(29)32-13-5-6-15-34(32)41/h1-25,43H. The molecule has 0 amide bonds. The van der Waals surface area contributed by atoms with Gasteiger partial charge in [-0.15, -0.1) is 0 Å². The minimum absolute atomic E-state index is 1.17. The van der Waals surface area contributed by atoms with Crippen molar-refractivity contribution in [2.24, 2.45) is 0 Å². The van der Waals surface area contributed by atoms with Crippen molar-refractivity contribution in [3.8, 4) is 16.8 Å². The van der Waals surface area contributed by atoms with Gasteiger partial charge in [-0.05, 0) is 80.5 Å². The van der Waals surface area contributed by atoms with Crippen molar-refractivity contribution in [3.63, 3.8) is 0 Å². The molecule has 0 aliphatic carbocycles. The zero-order valence-electron chi connectivity index (χ0n) is 23.9. The van der Waals surface area contributed by atoms with Crippen LogP contribution in [0.2, 0.25) is 0 Å². The van der Waals surface area contributed by atoms with Gasteiger partial charge in [0, 0.05) is 38.0 Å².